The molecule has 0 aliphatic rings. The van der Waals surface area contributed by atoms with Crippen LogP contribution in [0.3, 0.4) is 0 Å². The largest absolute Gasteiger partial charge is 0.398 e. The van der Waals surface area contributed by atoms with Crippen LogP contribution in [0.25, 0.3) is 22.4 Å². The first-order valence-corrected chi connectivity index (χ1v) is 5.76. The second-order valence-corrected chi connectivity index (χ2v) is 4.39. The Morgan fingerprint density at radius 2 is 1.89 bits per heavy atom. The molecule has 0 bridgehead atoms. The summed E-state index contributed by atoms with van der Waals surface area (Å²) in [6.07, 6.45) is 0. The van der Waals surface area contributed by atoms with Crippen molar-refractivity contribution >= 4 is 16.7 Å². The van der Waals surface area contributed by atoms with Gasteiger partial charge in [-0.3, -0.25) is 0 Å². The van der Waals surface area contributed by atoms with Crippen LogP contribution >= 0.6 is 0 Å². The van der Waals surface area contributed by atoms with Crippen LogP contribution in [0, 0.1) is 18.6 Å². The first-order valence-electron chi connectivity index (χ1n) is 5.76. The van der Waals surface area contributed by atoms with Gasteiger partial charge in [-0.1, -0.05) is 12.1 Å². The number of nitrogens with one attached hydrogen (secondary N) is 1. The second kappa shape index (κ2) is 4.05. The Morgan fingerprint density at radius 1 is 1.16 bits per heavy atom. The van der Waals surface area contributed by atoms with Crippen molar-refractivity contribution < 1.29 is 8.78 Å². The molecule has 3 aromatic rings. The first-order chi connectivity index (χ1) is 9.06. The molecule has 0 saturated heterocycles. The molecule has 19 heavy (non-hydrogen) atoms. The molecule has 0 unspecified atom stereocenters. The Bertz CT molecular complexity index is 739. The van der Waals surface area contributed by atoms with Gasteiger partial charge in [0, 0.05) is 23.4 Å². The number of H-pyrrole nitrogens is 1. The number of rotatable bonds is 1. The zero-order chi connectivity index (χ0) is 13.6. The first kappa shape index (κ1) is 11.6. The molecule has 5 heteroatoms. The Labute approximate surface area is 108 Å². The topological polar surface area (TPSA) is 54.7 Å². The molecule has 96 valence electrons. The third-order valence-corrected chi connectivity index (χ3v) is 3.15. The van der Waals surface area contributed by atoms with Gasteiger partial charge < -0.3 is 10.7 Å². The molecule has 0 atom stereocenters. The second-order valence-electron chi connectivity index (χ2n) is 4.39. The van der Waals surface area contributed by atoms with Gasteiger partial charge in [-0.25, -0.2) is 13.8 Å². The van der Waals surface area contributed by atoms with E-state index in [-0.39, 0.29) is 0 Å². The normalized spacial score (nSPS) is 11.1. The minimum Gasteiger partial charge on any atom is -0.398 e. The molecule has 2 aromatic carbocycles. The van der Waals surface area contributed by atoms with E-state index in [2.05, 4.69) is 9.97 Å². The van der Waals surface area contributed by atoms with Gasteiger partial charge in [0.05, 0.1) is 11.0 Å². The van der Waals surface area contributed by atoms with Gasteiger partial charge in [-0.15, -0.1) is 0 Å². The molecule has 0 spiro atoms. The van der Waals surface area contributed by atoms with Crippen LogP contribution in [0.15, 0.2) is 30.3 Å². The molecule has 0 amide bonds. The van der Waals surface area contributed by atoms with Crippen molar-refractivity contribution in [3.8, 4) is 11.4 Å². The SMILES string of the molecule is Cc1c(N)cccc1-c1nc2cc(F)c(F)cc2[nH]1. The van der Waals surface area contributed by atoms with Crippen molar-refractivity contribution in [2.75, 3.05) is 5.73 Å². The summed E-state index contributed by atoms with van der Waals surface area (Å²) in [5, 5.41) is 0. The van der Waals surface area contributed by atoms with E-state index in [1.54, 1.807) is 6.07 Å². The van der Waals surface area contributed by atoms with Gasteiger partial charge in [0.2, 0.25) is 0 Å². The molecule has 3 rings (SSSR count). The molecule has 3 nitrogen and oxygen atoms in total. The highest BCUT2D eigenvalue weighted by atomic mass is 19.2. The average molecular weight is 259 g/mol. The molecule has 1 heterocycles. The number of nitrogen functional groups attached to an aromatic ring is 1. The van der Waals surface area contributed by atoms with E-state index in [0.29, 0.717) is 22.5 Å². The van der Waals surface area contributed by atoms with Crippen molar-refractivity contribution in [3.05, 3.63) is 47.5 Å². The summed E-state index contributed by atoms with van der Waals surface area (Å²) in [5.41, 5.74) is 9.02. The number of anilines is 1. The number of hydrogen-bond donors (Lipinski definition) is 2. The van der Waals surface area contributed by atoms with E-state index in [1.807, 2.05) is 19.1 Å². The summed E-state index contributed by atoms with van der Waals surface area (Å²) in [4.78, 5) is 7.24. The molecular weight excluding hydrogens is 248 g/mol. The lowest BCUT2D eigenvalue weighted by Gasteiger charge is -2.04. The van der Waals surface area contributed by atoms with E-state index < -0.39 is 11.6 Å². The van der Waals surface area contributed by atoms with Gasteiger partial charge in [-0.05, 0) is 18.6 Å². The fourth-order valence-electron chi connectivity index (χ4n) is 2.04. The molecule has 0 aliphatic carbocycles. The number of fused-ring (bicyclic) bond motifs is 1. The number of aromatic amines is 1. The van der Waals surface area contributed by atoms with Gasteiger partial charge in [-0.2, -0.15) is 0 Å². The van der Waals surface area contributed by atoms with Crippen LogP contribution in [-0.2, 0) is 0 Å². The van der Waals surface area contributed by atoms with Crippen LogP contribution < -0.4 is 5.73 Å². The Hall–Kier alpha value is -2.43. The Morgan fingerprint density at radius 3 is 2.68 bits per heavy atom. The van der Waals surface area contributed by atoms with Crippen molar-refractivity contribution in [2.24, 2.45) is 0 Å². The number of benzene rings is 2. The minimum absolute atomic E-state index is 0.385. The fraction of sp³-hybridized carbons (Fsp3) is 0.0714. The summed E-state index contributed by atoms with van der Waals surface area (Å²) in [7, 11) is 0. The Balaban J connectivity index is 2.23. The zero-order valence-electron chi connectivity index (χ0n) is 10.2. The fourth-order valence-corrected chi connectivity index (χ4v) is 2.04. The lowest BCUT2D eigenvalue weighted by molar-refractivity contribution is 0.510. The molecule has 0 saturated carbocycles. The van der Waals surface area contributed by atoms with Crippen LogP contribution in [0.4, 0.5) is 14.5 Å². The Kier molecular flexibility index (Phi) is 2.48. The van der Waals surface area contributed by atoms with Gasteiger partial charge >= 0.3 is 0 Å². The van der Waals surface area contributed by atoms with Crippen molar-refractivity contribution in [3.63, 3.8) is 0 Å². The predicted octanol–water partition coefficient (Wildman–Crippen LogP) is 3.40. The number of nitrogens with zero attached hydrogens (tertiary/aromatic N) is 1. The number of aromatic nitrogens is 2. The van der Waals surface area contributed by atoms with E-state index in [4.69, 9.17) is 5.73 Å². The summed E-state index contributed by atoms with van der Waals surface area (Å²) < 4.78 is 26.3. The monoisotopic (exact) mass is 259 g/mol. The predicted molar refractivity (Wildman–Crippen MR) is 70.6 cm³/mol. The van der Waals surface area contributed by atoms with Crippen LogP contribution in [0.2, 0.25) is 0 Å². The van der Waals surface area contributed by atoms with Crippen molar-refractivity contribution in [1.82, 2.24) is 9.97 Å². The summed E-state index contributed by atoms with van der Waals surface area (Å²) in [5.74, 6) is -1.26. The highest BCUT2D eigenvalue weighted by Crippen LogP contribution is 2.27. The lowest BCUT2D eigenvalue weighted by atomic mass is 10.1. The van der Waals surface area contributed by atoms with Crippen LogP contribution in [0.1, 0.15) is 5.56 Å². The highest BCUT2D eigenvalue weighted by Gasteiger charge is 2.12. The number of hydrogen-bond acceptors (Lipinski definition) is 2. The van der Waals surface area contributed by atoms with Crippen molar-refractivity contribution in [2.45, 2.75) is 6.92 Å². The molecule has 1 aromatic heterocycles. The molecule has 3 N–H and O–H groups in total. The highest BCUT2D eigenvalue weighted by molar-refractivity contribution is 5.81. The molecular formula is C14H11F2N3. The van der Waals surface area contributed by atoms with Crippen LogP contribution in [0.5, 0.6) is 0 Å². The smallest absolute Gasteiger partial charge is 0.161 e. The maximum absolute atomic E-state index is 13.2. The van der Waals surface area contributed by atoms with E-state index in [9.17, 15) is 8.78 Å². The van der Waals surface area contributed by atoms with Crippen molar-refractivity contribution in [1.29, 1.82) is 0 Å². The molecule has 0 aliphatic heterocycles. The summed E-state index contributed by atoms with van der Waals surface area (Å²) in [6, 6.07) is 7.64. The summed E-state index contributed by atoms with van der Waals surface area (Å²) in [6.45, 7) is 1.87. The van der Waals surface area contributed by atoms with Gasteiger partial charge in [0.1, 0.15) is 5.82 Å². The third-order valence-electron chi connectivity index (χ3n) is 3.15. The van der Waals surface area contributed by atoms with Gasteiger partial charge in [0.15, 0.2) is 11.6 Å². The van der Waals surface area contributed by atoms with Crippen LogP contribution in [-0.4, -0.2) is 9.97 Å². The number of nitrogens with two attached hydrogens (primary N) is 1. The third kappa shape index (κ3) is 1.83. The van der Waals surface area contributed by atoms with Gasteiger partial charge in [0.25, 0.3) is 0 Å². The standard InChI is InChI=1S/C14H11F2N3/c1-7-8(3-2-4-11(7)17)14-18-12-5-9(15)10(16)6-13(12)19-14/h2-6H,17H2,1H3,(H,18,19). The lowest BCUT2D eigenvalue weighted by Crippen LogP contribution is -1.92. The maximum Gasteiger partial charge on any atom is 0.161 e. The number of imidazole rings is 1. The average Bonchev–Trinajstić information content (AvgIpc) is 2.76. The van der Waals surface area contributed by atoms with E-state index in [1.165, 1.54) is 0 Å². The molecule has 0 fully saturated rings. The maximum atomic E-state index is 13.2. The quantitative estimate of drug-likeness (QED) is 0.658. The van der Waals surface area contributed by atoms with E-state index in [0.717, 1.165) is 23.3 Å². The minimum atomic E-state index is -0.908. The molecule has 0 radical (unpaired) electrons. The summed E-state index contributed by atoms with van der Waals surface area (Å²) >= 11 is 0. The zero-order valence-corrected chi connectivity index (χ0v) is 10.2. The van der Waals surface area contributed by atoms with E-state index >= 15 is 0 Å². The number of halogens is 2.